The van der Waals surface area contributed by atoms with Crippen molar-refractivity contribution in [3.63, 3.8) is 0 Å². The van der Waals surface area contributed by atoms with Gasteiger partial charge in [0.25, 0.3) is 23.6 Å². The van der Waals surface area contributed by atoms with Gasteiger partial charge in [0.05, 0.1) is 0 Å². The fourth-order valence-electron chi connectivity index (χ4n) is 5.38. The fourth-order valence-corrected chi connectivity index (χ4v) is 5.38. The van der Waals surface area contributed by atoms with Crippen molar-refractivity contribution >= 4 is 45.2 Å². The number of carbonyl (C=O) groups is 4. The molecule has 2 aliphatic heterocycles. The largest absolute Gasteiger partial charge is 0.303 e. The van der Waals surface area contributed by atoms with Gasteiger partial charge in [-0.1, -0.05) is 89.1 Å². The molecule has 0 radical (unpaired) electrons. The zero-order valence-electron chi connectivity index (χ0n) is 26.4. The predicted octanol–water partition coefficient (Wildman–Crippen LogP) is 6.20. The molecule has 2 heterocycles. The van der Waals surface area contributed by atoms with E-state index >= 15 is 0 Å². The lowest BCUT2D eigenvalue weighted by Gasteiger charge is -2.29. The molecule has 8 heteroatoms. The van der Waals surface area contributed by atoms with Crippen molar-refractivity contribution in [3.8, 4) is 0 Å². The zero-order valence-corrected chi connectivity index (χ0v) is 26.4. The highest BCUT2D eigenvalue weighted by Gasteiger charge is 2.33. The Morgan fingerprint density at radius 3 is 1.32 bits per heavy atom. The summed E-state index contributed by atoms with van der Waals surface area (Å²) in [7, 11) is 1.88. The molecule has 0 atom stereocenters. The lowest BCUT2D eigenvalue weighted by Crippen LogP contribution is -2.47. The minimum absolute atomic E-state index is 0.236. The van der Waals surface area contributed by atoms with E-state index in [1.807, 2.05) is 74.3 Å². The normalized spacial score (nSPS) is 13.7. The van der Waals surface area contributed by atoms with Crippen LogP contribution in [0.3, 0.4) is 0 Å². The number of nitrogens with one attached hydrogen (secondary N) is 1. The Bertz CT molecular complexity index is 1580. The highest BCUT2D eigenvalue weighted by atomic mass is 16.2. The number of imide groups is 2. The van der Waals surface area contributed by atoms with Crippen molar-refractivity contribution < 1.29 is 19.2 Å². The molecule has 2 aliphatic rings. The molecule has 4 amide bonds. The van der Waals surface area contributed by atoms with Crippen molar-refractivity contribution in [1.82, 2.24) is 20.0 Å². The van der Waals surface area contributed by atoms with Gasteiger partial charge in [0, 0.05) is 65.9 Å². The third-order valence-corrected chi connectivity index (χ3v) is 7.81. The second kappa shape index (κ2) is 14.9. The second-order valence-corrected chi connectivity index (χ2v) is 10.7. The molecule has 0 saturated carbocycles. The van der Waals surface area contributed by atoms with Crippen LogP contribution >= 0.6 is 0 Å². The maximum Gasteiger partial charge on any atom is 0.261 e. The summed E-state index contributed by atoms with van der Waals surface area (Å²) in [6, 6.07) is 22.0. The first-order valence-electron chi connectivity index (χ1n) is 15.5. The molecule has 0 spiro atoms. The van der Waals surface area contributed by atoms with Gasteiger partial charge in [0.2, 0.25) is 0 Å². The number of carbonyl (C=O) groups excluding carboxylic acids is 4. The van der Waals surface area contributed by atoms with Crippen LogP contribution in [-0.2, 0) is 0 Å². The van der Waals surface area contributed by atoms with Gasteiger partial charge in [-0.05, 0) is 42.1 Å². The standard InChI is InChI=1S/C30H26N4O4.C4H10.C2H6/c1-32(16-17-34-29(37)23-12-4-8-20-9-5-13-24(26(20)23)30(34)38)18-31-14-15-33-27(35)21-10-2-6-19-7-3-11-22(25(19)21)28(33)36;1-3-4-2;1-2/h2-13,31H,14-18H2,1H3;3-4H2,1-2H3;1-2H3. The monoisotopic (exact) mass is 594 g/mol. The van der Waals surface area contributed by atoms with Crippen molar-refractivity contribution in [2.24, 2.45) is 0 Å². The van der Waals surface area contributed by atoms with E-state index in [0.717, 1.165) is 21.5 Å². The van der Waals surface area contributed by atoms with Crippen LogP contribution in [-0.4, -0.2) is 78.2 Å². The molecule has 0 unspecified atom stereocenters. The molecule has 0 aromatic heterocycles. The van der Waals surface area contributed by atoms with Gasteiger partial charge in [-0.15, -0.1) is 0 Å². The summed E-state index contributed by atoms with van der Waals surface area (Å²) in [5, 5.41) is 6.46. The van der Waals surface area contributed by atoms with E-state index in [4.69, 9.17) is 0 Å². The lowest BCUT2D eigenvalue weighted by atomic mass is 9.94. The van der Waals surface area contributed by atoms with Gasteiger partial charge in [0.15, 0.2) is 0 Å². The van der Waals surface area contributed by atoms with E-state index in [9.17, 15) is 19.2 Å². The molecule has 0 aliphatic carbocycles. The summed E-state index contributed by atoms with van der Waals surface area (Å²) >= 11 is 0. The Morgan fingerprint density at radius 2 is 0.955 bits per heavy atom. The third kappa shape index (κ3) is 6.42. The summed E-state index contributed by atoms with van der Waals surface area (Å²) in [4.78, 5) is 56.8. The number of likely N-dealkylation sites (N-methyl/N-ethyl adjacent to an activating group) is 1. The van der Waals surface area contributed by atoms with Crippen molar-refractivity contribution in [1.29, 1.82) is 0 Å². The number of hydrogen-bond acceptors (Lipinski definition) is 6. The number of amides is 4. The Hall–Kier alpha value is -4.40. The van der Waals surface area contributed by atoms with Crippen LogP contribution in [0.1, 0.15) is 82.0 Å². The van der Waals surface area contributed by atoms with Crippen LogP contribution in [0.4, 0.5) is 0 Å². The summed E-state index contributed by atoms with van der Waals surface area (Å²) in [5.41, 5.74) is 2.18. The molecule has 0 bridgehead atoms. The van der Waals surface area contributed by atoms with Crippen molar-refractivity contribution in [2.45, 2.75) is 40.5 Å². The van der Waals surface area contributed by atoms with Gasteiger partial charge >= 0.3 is 0 Å². The van der Waals surface area contributed by atoms with E-state index in [1.54, 1.807) is 24.3 Å². The van der Waals surface area contributed by atoms with E-state index in [0.29, 0.717) is 42.0 Å². The minimum Gasteiger partial charge on any atom is -0.303 e. The first-order valence-corrected chi connectivity index (χ1v) is 15.5. The van der Waals surface area contributed by atoms with Crippen LogP contribution < -0.4 is 5.32 Å². The first kappa shape index (κ1) is 32.5. The predicted molar refractivity (Wildman–Crippen MR) is 176 cm³/mol. The summed E-state index contributed by atoms with van der Waals surface area (Å²) < 4.78 is 0. The molecular weight excluding hydrogens is 552 g/mol. The third-order valence-electron chi connectivity index (χ3n) is 7.81. The maximum absolute atomic E-state index is 13.1. The highest BCUT2D eigenvalue weighted by Crippen LogP contribution is 2.31. The Morgan fingerprint density at radius 1 is 0.591 bits per heavy atom. The number of benzene rings is 4. The number of unbranched alkanes of at least 4 members (excludes halogenated alkanes) is 1. The van der Waals surface area contributed by atoms with Crippen LogP contribution in [0.15, 0.2) is 72.8 Å². The molecule has 230 valence electrons. The molecule has 1 N–H and O–H groups in total. The Balaban J connectivity index is 0.000000683. The van der Waals surface area contributed by atoms with Gasteiger partial charge in [-0.3, -0.25) is 33.9 Å². The van der Waals surface area contributed by atoms with Crippen molar-refractivity contribution in [2.75, 3.05) is 39.9 Å². The smallest absolute Gasteiger partial charge is 0.261 e. The van der Waals surface area contributed by atoms with Gasteiger partial charge in [0.1, 0.15) is 0 Å². The SMILES string of the molecule is CC.CCCC.CN(CCN1C(=O)c2cccc3cccc(c23)C1=O)CNCCN1C(=O)c2cccc3cccc(c23)C1=O. The molecular formula is C36H42N4O4. The maximum atomic E-state index is 13.1. The van der Waals surface area contributed by atoms with E-state index in [-0.39, 0.29) is 36.7 Å². The number of nitrogens with zero attached hydrogens (tertiary/aromatic N) is 3. The average molecular weight is 595 g/mol. The first-order chi connectivity index (χ1) is 21.4. The highest BCUT2D eigenvalue weighted by molar-refractivity contribution is 6.26. The topological polar surface area (TPSA) is 90.0 Å². The molecule has 8 nitrogen and oxygen atoms in total. The summed E-state index contributed by atoms with van der Waals surface area (Å²) in [6.07, 6.45) is 2.64. The number of rotatable bonds is 9. The average Bonchev–Trinajstić information content (AvgIpc) is 3.06. The fraction of sp³-hybridized carbons (Fsp3) is 0.333. The quantitative estimate of drug-likeness (QED) is 0.141. The number of hydrogen-bond donors (Lipinski definition) is 1. The molecule has 0 fully saturated rings. The molecule has 4 aromatic carbocycles. The van der Waals surface area contributed by atoms with E-state index in [2.05, 4.69) is 19.2 Å². The van der Waals surface area contributed by atoms with Crippen LogP contribution in [0, 0.1) is 0 Å². The van der Waals surface area contributed by atoms with Crippen LogP contribution in [0.2, 0.25) is 0 Å². The van der Waals surface area contributed by atoms with Gasteiger partial charge < -0.3 is 5.32 Å². The van der Waals surface area contributed by atoms with Crippen LogP contribution in [0.5, 0.6) is 0 Å². The molecule has 0 saturated heterocycles. The van der Waals surface area contributed by atoms with E-state index < -0.39 is 0 Å². The summed E-state index contributed by atoms with van der Waals surface area (Å²) in [6.45, 7) is 10.2. The summed E-state index contributed by atoms with van der Waals surface area (Å²) in [5.74, 6) is -1.13. The Labute approximate surface area is 259 Å². The van der Waals surface area contributed by atoms with Gasteiger partial charge in [-0.25, -0.2) is 0 Å². The lowest BCUT2D eigenvalue weighted by molar-refractivity contribution is 0.0593. The Kier molecular flexibility index (Phi) is 11.0. The molecule has 6 rings (SSSR count). The minimum atomic E-state index is -0.285. The van der Waals surface area contributed by atoms with Crippen LogP contribution in [0.25, 0.3) is 21.5 Å². The molecule has 4 aromatic rings. The second-order valence-electron chi connectivity index (χ2n) is 10.7. The van der Waals surface area contributed by atoms with E-state index in [1.165, 1.54) is 22.6 Å². The zero-order chi connectivity index (χ0) is 31.8. The van der Waals surface area contributed by atoms with Crippen molar-refractivity contribution in [3.05, 3.63) is 95.1 Å². The molecule has 44 heavy (non-hydrogen) atoms. The van der Waals surface area contributed by atoms with Gasteiger partial charge in [-0.2, -0.15) is 0 Å².